The minimum Gasteiger partial charge on any atom is -0.375 e. The van der Waals surface area contributed by atoms with Gasteiger partial charge in [-0.15, -0.1) is 0 Å². The van der Waals surface area contributed by atoms with Crippen molar-refractivity contribution >= 4 is 0 Å². The SMILES string of the molecule is CCN1CC2OCCC21. The zero-order chi connectivity index (χ0) is 6.27. The van der Waals surface area contributed by atoms with E-state index in [1.54, 1.807) is 0 Å². The van der Waals surface area contributed by atoms with Crippen molar-refractivity contribution in [3.05, 3.63) is 0 Å². The van der Waals surface area contributed by atoms with Crippen LogP contribution in [0.15, 0.2) is 0 Å². The lowest BCUT2D eigenvalue weighted by molar-refractivity contribution is -0.0363. The first-order valence-corrected chi connectivity index (χ1v) is 3.77. The number of likely N-dealkylation sites (N-methyl/N-ethyl adjacent to an activating group) is 1. The second-order valence-electron chi connectivity index (χ2n) is 2.85. The fraction of sp³-hybridized carbons (Fsp3) is 1.00. The number of hydrogen-bond donors (Lipinski definition) is 0. The van der Waals surface area contributed by atoms with Crippen LogP contribution in [0, 0.1) is 0 Å². The third kappa shape index (κ3) is 0.700. The Labute approximate surface area is 55.8 Å². The minimum absolute atomic E-state index is 0.602. The van der Waals surface area contributed by atoms with E-state index < -0.39 is 0 Å². The smallest absolute Gasteiger partial charge is 0.0857 e. The molecule has 2 fully saturated rings. The lowest BCUT2D eigenvalue weighted by Crippen LogP contribution is -2.57. The van der Waals surface area contributed by atoms with Crippen molar-refractivity contribution in [3.63, 3.8) is 0 Å². The molecule has 0 aromatic carbocycles. The van der Waals surface area contributed by atoms with Gasteiger partial charge in [0.2, 0.25) is 0 Å². The number of hydrogen-bond acceptors (Lipinski definition) is 2. The summed E-state index contributed by atoms with van der Waals surface area (Å²) in [6.45, 7) is 5.59. The molecular formula is C7H13NO. The Bertz CT molecular complexity index is 115. The highest BCUT2D eigenvalue weighted by atomic mass is 16.5. The summed E-state index contributed by atoms with van der Waals surface area (Å²) >= 11 is 0. The number of likely N-dealkylation sites (tertiary alicyclic amines) is 1. The zero-order valence-corrected chi connectivity index (χ0v) is 5.84. The van der Waals surface area contributed by atoms with Crippen LogP contribution in [0.2, 0.25) is 0 Å². The predicted octanol–water partition coefficient (Wildman–Crippen LogP) is 0.479. The second kappa shape index (κ2) is 1.96. The molecule has 2 rings (SSSR count). The van der Waals surface area contributed by atoms with Gasteiger partial charge in [-0.05, 0) is 13.0 Å². The molecule has 0 saturated carbocycles. The number of rotatable bonds is 1. The van der Waals surface area contributed by atoms with E-state index in [1.165, 1.54) is 19.5 Å². The molecule has 0 spiro atoms. The van der Waals surface area contributed by atoms with Crippen molar-refractivity contribution in [3.8, 4) is 0 Å². The van der Waals surface area contributed by atoms with Gasteiger partial charge in [0, 0.05) is 19.2 Å². The van der Waals surface area contributed by atoms with Gasteiger partial charge in [0.25, 0.3) is 0 Å². The molecule has 0 N–H and O–H groups in total. The van der Waals surface area contributed by atoms with Crippen LogP contribution in [0.1, 0.15) is 13.3 Å². The molecule has 2 atom stereocenters. The van der Waals surface area contributed by atoms with Crippen LogP contribution in [0.5, 0.6) is 0 Å². The summed E-state index contributed by atoms with van der Waals surface area (Å²) < 4.78 is 5.44. The molecule has 2 heteroatoms. The Balaban J connectivity index is 1.93. The summed E-state index contributed by atoms with van der Waals surface area (Å²) in [7, 11) is 0. The molecule has 0 aromatic heterocycles. The fourth-order valence-electron chi connectivity index (χ4n) is 1.82. The van der Waals surface area contributed by atoms with Crippen LogP contribution in [0.3, 0.4) is 0 Å². The number of ether oxygens (including phenoxy) is 1. The van der Waals surface area contributed by atoms with Gasteiger partial charge in [0.05, 0.1) is 6.10 Å². The molecule has 2 unspecified atom stereocenters. The average molecular weight is 127 g/mol. The van der Waals surface area contributed by atoms with Gasteiger partial charge in [-0.2, -0.15) is 0 Å². The van der Waals surface area contributed by atoms with Crippen LogP contribution in [0.25, 0.3) is 0 Å². The molecule has 2 aliphatic rings. The minimum atomic E-state index is 0.602. The predicted molar refractivity (Wildman–Crippen MR) is 35.4 cm³/mol. The molecule has 0 amide bonds. The first-order valence-electron chi connectivity index (χ1n) is 3.77. The number of nitrogens with zero attached hydrogens (tertiary/aromatic N) is 1. The van der Waals surface area contributed by atoms with Crippen LogP contribution in [0.4, 0.5) is 0 Å². The fourth-order valence-corrected chi connectivity index (χ4v) is 1.82. The van der Waals surface area contributed by atoms with Crippen molar-refractivity contribution in [2.75, 3.05) is 19.7 Å². The van der Waals surface area contributed by atoms with Crippen molar-refractivity contribution in [2.24, 2.45) is 0 Å². The summed E-state index contributed by atoms with van der Waals surface area (Å²) in [4.78, 5) is 2.48. The standard InChI is InChI=1S/C7H13NO/c1-2-8-5-7-6(8)3-4-9-7/h6-7H,2-5H2,1H3. The van der Waals surface area contributed by atoms with Gasteiger partial charge < -0.3 is 4.74 Å². The molecule has 9 heavy (non-hydrogen) atoms. The van der Waals surface area contributed by atoms with E-state index in [4.69, 9.17) is 4.74 Å². The Morgan fingerprint density at radius 3 is 3.22 bits per heavy atom. The van der Waals surface area contributed by atoms with Gasteiger partial charge in [0.1, 0.15) is 0 Å². The monoisotopic (exact) mass is 127 g/mol. The molecule has 0 bridgehead atoms. The maximum atomic E-state index is 5.44. The maximum absolute atomic E-state index is 5.44. The Kier molecular flexibility index (Phi) is 1.24. The van der Waals surface area contributed by atoms with E-state index in [0.29, 0.717) is 6.10 Å². The van der Waals surface area contributed by atoms with Crippen molar-refractivity contribution < 1.29 is 4.74 Å². The first-order chi connectivity index (χ1) is 4.42. The summed E-state index contributed by atoms with van der Waals surface area (Å²) in [6.07, 6.45) is 1.86. The second-order valence-corrected chi connectivity index (χ2v) is 2.85. The summed E-state index contributed by atoms with van der Waals surface area (Å²) in [5, 5.41) is 0. The molecule has 0 aliphatic carbocycles. The van der Waals surface area contributed by atoms with E-state index in [0.717, 1.165) is 12.6 Å². The molecule has 52 valence electrons. The third-order valence-electron chi connectivity index (χ3n) is 2.46. The van der Waals surface area contributed by atoms with Crippen LogP contribution in [-0.4, -0.2) is 36.7 Å². The Morgan fingerprint density at radius 1 is 1.67 bits per heavy atom. The summed E-state index contributed by atoms with van der Waals surface area (Å²) in [5.74, 6) is 0. The van der Waals surface area contributed by atoms with Crippen LogP contribution >= 0.6 is 0 Å². The van der Waals surface area contributed by atoms with Gasteiger partial charge in [-0.25, -0.2) is 0 Å². The van der Waals surface area contributed by atoms with Crippen molar-refractivity contribution in [2.45, 2.75) is 25.5 Å². The molecule has 0 aromatic rings. The lowest BCUT2D eigenvalue weighted by atomic mass is 9.99. The van der Waals surface area contributed by atoms with Crippen molar-refractivity contribution in [1.29, 1.82) is 0 Å². The maximum Gasteiger partial charge on any atom is 0.0857 e. The molecule has 2 nitrogen and oxygen atoms in total. The quantitative estimate of drug-likeness (QED) is 0.508. The summed E-state index contributed by atoms with van der Waals surface area (Å²) in [5.41, 5.74) is 0. The highest BCUT2D eigenvalue weighted by Crippen LogP contribution is 2.28. The zero-order valence-electron chi connectivity index (χ0n) is 5.84. The van der Waals surface area contributed by atoms with Gasteiger partial charge in [-0.1, -0.05) is 6.92 Å². The number of fused-ring (bicyclic) bond motifs is 1. The Hall–Kier alpha value is -0.0800. The van der Waals surface area contributed by atoms with Gasteiger partial charge in [-0.3, -0.25) is 4.90 Å². The van der Waals surface area contributed by atoms with E-state index >= 15 is 0 Å². The molecule has 2 aliphatic heterocycles. The normalized spacial score (nSPS) is 42.3. The van der Waals surface area contributed by atoms with E-state index in [2.05, 4.69) is 11.8 Å². The molecule has 2 saturated heterocycles. The first kappa shape index (κ1) is 5.69. The summed E-state index contributed by atoms with van der Waals surface area (Å²) in [6, 6.07) is 0.787. The van der Waals surface area contributed by atoms with Crippen LogP contribution < -0.4 is 0 Å². The van der Waals surface area contributed by atoms with Crippen LogP contribution in [-0.2, 0) is 4.74 Å². The topological polar surface area (TPSA) is 12.5 Å². The molecule has 2 heterocycles. The van der Waals surface area contributed by atoms with Gasteiger partial charge in [0.15, 0.2) is 0 Å². The lowest BCUT2D eigenvalue weighted by Gasteiger charge is -2.42. The largest absolute Gasteiger partial charge is 0.375 e. The van der Waals surface area contributed by atoms with E-state index in [-0.39, 0.29) is 0 Å². The molecule has 0 radical (unpaired) electrons. The Morgan fingerprint density at radius 2 is 2.56 bits per heavy atom. The highest BCUT2D eigenvalue weighted by molar-refractivity contribution is 4.95. The van der Waals surface area contributed by atoms with E-state index in [9.17, 15) is 0 Å². The molecular weight excluding hydrogens is 114 g/mol. The van der Waals surface area contributed by atoms with E-state index in [1.807, 2.05) is 0 Å². The highest BCUT2D eigenvalue weighted by Gasteiger charge is 2.41. The average Bonchev–Trinajstić information content (AvgIpc) is 2.14. The van der Waals surface area contributed by atoms with Gasteiger partial charge >= 0.3 is 0 Å². The third-order valence-corrected chi connectivity index (χ3v) is 2.46. The van der Waals surface area contributed by atoms with Crippen molar-refractivity contribution in [1.82, 2.24) is 4.90 Å².